The molecule has 0 aliphatic heterocycles. The number of carbonyl (C=O) groups excluding carboxylic acids is 2. The summed E-state index contributed by atoms with van der Waals surface area (Å²) in [6.45, 7) is 0. The van der Waals surface area contributed by atoms with Crippen LogP contribution in [0.25, 0.3) is 6.08 Å². The van der Waals surface area contributed by atoms with Gasteiger partial charge in [0.1, 0.15) is 6.10 Å². The molecule has 5 N–H and O–H groups in total. The van der Waals surface area contributed by atoms with Crippen molar-refractivity contribution in [2.45, 2.75) is 50.7 Å². The molecule has 2 atom stereocenters. The molecule has 1 aliphatic rings. The third-order valence-corrected chi connectivity index (χ3v) is 6.54. The first kappa shape index (κ1) is 28.0. The van der Waals surface area contributed by atoms with Gasteiger partial charge in [0.2, 0.25) is 11.7 Å². The lowest BCUT2D eigenvalue weighted by molar-refractivity contribution is -0.125. The Labute approximate surface area is 218 Å². The number of hydrogen-bond donors (Lipinski definition) is 4. The van der Waals surface area contributed by atoms with Crippen LogP contribution in [0, 0.1) is 5.92 Å². The van der Waals surface area contributed by atoms with Gasteiger partial charge in [-0.15, -0.1) is 0 Å². The van der Waals surface area contributed by atoms with E-state index in [0.717, 1.165) is 12.8 Å². The van der Waals surface area contributed by atoms with E-state index in [9.17, 15) is 14.7 Å². The molecular formula is C28H37N3O6. The van der Waals surface area contributed by atoms with Crippen LogP contribution in [0.5, 0.6) is 17.2 Å². The summed E-state index contributed by atoms with van der Waals surface area (Å²) in [7, 11) is 4.57. The van der Waals surface area contributed by atoms with Crippen molar-refractivity contribution in [1.29, 1.82) is 0 Å². The number of aliphatic hydroxyl groups excluding tert-OH is 1. The Kier molecular flexibility index (Phi) is 10.3. The number of nitrogens with one attached hydrogen (secondary N) is 2. The average molecular weight is 512 g/mol. The first-order valence-electron chi connectivity index (χ1n) is 12.5. The Morgan fingerprint density at radius 3 is 2.08 bits per heavy atom. The van der Waals surface area contributed by atoms with Crippen molar-refractivity contribution < 1.29 is 28.9 Å². The van der Waals surface area contributed by atoms with Gasteiger partial charge in [-0.25, -0.2) is 0 Å². The topological polar surface area (TPSA) is 132 Å². The Balaban J connectivity index is 1.53. The number of carbonyl (C=O) groups is 2. The molecule has 2 aromatic rings. The molecule has 200 valence electrons. The fraction of sp³-hybridized carbons (Fsp3) is 0.429. The molecule has 0 heterocycles. The molecule has 0 unspecified atom stereocenters. The van der Waals surface area contributed by atoms with Crippen LogP contribution in [0.1, 0.15) is 44.1 Å². The van der Waals surface area contributed by atoms with Crippen molar-refractivity contribution in [3.63, 3.8) is 0 Å². The van der Waals surface area contributed by atoms with E-state index in [0.29, 0.717) is 46.5 Å². The van der Waals surface area contributed by atoms with Crippen LogP contribution in [0.3, 0.4) is 0 Å². The maximum atomic E-state index is 12.5. The standard InChI is InChI=1S/C28H37N3O6/c1-35-23-16-19(17-24(36-2)27(23)37-3)9-14-25(32)30-20-10-12-21(13-11-20)31-28(34)26(33)22(29)15-18-7-5-4-6-8-18/h9-14,16-18,22,26,33H,4-8,15,29H2,1-3H3,(H,30,32)(H,31,34)/b14-9+/t22-,26+/m1/s1. The SMILES string of the molecule is COc1cc(/C=C/C(=O)Nc2ccc(NC(=O)[C@@H](O)[C@H](N)CC3CCCCC3)cc2)cc(OC)c1OC. The summed E-state index contributed by atoms with van der Waals surface area (Å²) >= 11 is 0. The minimum atomic E-state index is -1.28. The molecular weight excluding hydrogens is 474 g/mol. The summed E-state index contributed by atoms with van der Waals surface area (Å²) in [5.74, 6) is 1.04. The van der Waals surface area contributed by atoms with Crippen molar-refractivity contribution in [2.24, 2.45) is 11.7 Å². The summed E-state index contributed by atoms with van der Waals surface area (Å²) in [6, 6.07) is 9.49. The number of amides is 2. The molecule has 0 bridgehead atoms. The fourth-order valence-electron chi connectivity index (χ4n) is 4.54. The van der Waals surface area contributed by atoms with Gasteiger partial charge in [-0.1, -0.05) is 32.1 Å². The van der Waals surface area contributed by atoms with E-state index in [-0.39, 0.29) is 5.91 Å². The largest absolute Gasteiger partial charge is 0.493 e. The van der Waals surface area contributed by atoms with Crippen LogP contribution in [-0.4, -0.2) is 50.4 Å². The minimum absolute atomic E-state index is 0.338. The smallest absolute Gasteiger partial charge is 0.254 e. The zero-order valence-electron chi connectivity index (χ0n) is 21.7. The lowest BCUT2D eigenvalue weighted by Crippen LogP contribution is -2.44. The Morgan fingerprint density at radius 1 is 0.973 bits per heavy atom. The molecule has 9 nitrogen and oxygen atoms in total. The van der Waals surface area contributed by atoms with Crippen molar-refractivity contribution in [2.75, 3.05) is 32.0 Å². The minimum Gasteiger partial charge on any atom is -0.493 e. The van der Waals surface area contributed by atoms with E-state index >= 15 is 0 Å². The third-order valence-electron chi connectivity index (χ3n) is 6.54. The van der Waals surface area contributed by atoms with Crippen molar-refractivity contribution in [3.05, 3.63) is 48.0 Å². The second-order valence-electron chi connectivity index (χ2n) is 9.20. The van der Waals surface area contributed by atoms with Gasteiger partial charge >= 0.3 is 0 Å². The highest BCUT2D eigenvalue weighted by Gasteiger charge is 2.26. The van der Waals surface area contributed by atoms with Crippen molar-refractivity contribution in [3.8, 4) is 17.2 Å². The van der Waals surface area contributed by atoms with Crippen molar-refractivity contribution in [1.82, 2.24) is 0 Å². The van der Waals surface area contributed by atoms with Crippen LogP contribution in [0.15, 0.2) is 42.5 Å². The number of nitrogens with two attached hydrogens (primary N) is 1. The normalized spacial score (nSPS) is 15.6. The number of ether oxygens (including phenoxy) is 3. The van der Waals surface area contributed by atoms with Crippen LogP contribution < -0.4 is 30.6 Å². The summed E-state index contributed by atoms with van der Waals surface area (Å²) in [4.78, 5) is 24.9. The molecule has 1 saturated carbocycles. The molecule has 0 spiro atoms. The predicted molar refractivity (Wildman–Crippen MR) is 144 cm³/mol. The van der Waals surface area contributed by atoms with Crippen LogP contribution in [0.4, 0.5) is 11.4 Å². The zero-order chi connectivity index (χ0) is 26.8. The highest BCUT2D eigenvalue weighted by molar-refractivity contribution is 6.02. The lowest BCUT2D eigenvalue weighted by atomic mass is 9.84. The maximum Gasteiger partial charge on any atom is 0.254 e. The monoisotopic (exact) mass is 511 g/mol. The second-order valence-corrected chi connectivity index (χ2v) is 9.20. The van der Waals surface area contributed by atoms with E-state index < -0.39 is 18.1 Å². The highest BCUT2D eigenvalue weighted by Crippen LogP contribution is 2.38. The summed E-state index contributed by atoms with van der Waals surface area (Å²) in [5.41, 5.74) is 7.86. The van der Waals surface area contributed by atoms with Crippen LogP contribution in [0.2, 0.25) is 0 Å². The molecule has 0 radical (unpaired) electrons. The Bertz CT molecular complexity index is 1050. The van der Waals surface area contributed by atoms with E-state index in [4.69, 9.17) is 19.9 Å². The van der Waals surface area contributed by atoms with E-state index in [1.807, 2.05) is 0 Å². The van der Waals surface area contributed by atoms with E-state index in [1.54, 1.807) is 42.5 Å². The summed E-state index contributed by atoms with van der Waals surface area (Å²) < 4.78 is 16.0. The zero-order valence-corrected chi connectivity index (χ0v) is 21.7. The molecule has 0 saturated heterocycles. The molecule has 37 heavy (non-hydrogen) atoms. The first-order valence-corrected chi connectivity index (χ1v) is 12.5. The third kappa shape index (κ3) is 7.96. The van der Waals surface area contributed by atoms with Gasteiger partial charge in [-0.3, -0.25) is 9.59 Å². The number of benzene rings is 2. The molecule has 2 aromatic carbocycles. The number of methoxy groups -OCH3 is 3. The molecule has 1 fully saturated rings. The lowest BCUT2D eigenvalue weighted by Gasteiger charge is -2.26. The van der Waals surface area contributed by atoms with Gasteiger partial charge in [0.15, 0.2) is 11.5 Å². The average Bonchev–Trinajstić information content (AvgIpc) is 2.92. The van der Waals surface area contributed by atoms with E-state index in [1.165, 1.54) is 46.7 Å². The van der Waals surface area contributed by atoms with Gasteiger partial charge in [0.25, 0.3) is 5.91 Å². The van der Waals surface area contributed by atoms with Crippen LogP contribution in [-0.2, 0) is 9.59 Å². The number of hydrogen-bond acceptors (Lipinski definition) is 7. The Morgan fingerprint density at radius 2 is 1.54 bits per heavy atom. The number of aliphatic hydroxyl groups is 1. The van der Waals surface area contributed by atoms with Crippen molar-refractivity contribution >= 4 is 29.3 Å². The molecule has 1 aliphatic carbocycles. The van der Waals surface area contributed by atoms with Gasteiger partial charge in [-0.05, 0) is 60.4 Å². The van der Waals surface area contributed by atoms with Gasteiger partial charge in [0.05, 0.1) is 21.3 Å². The number of rotatable bonds is 11. The second kappa shape index (κ2) is 13.7. The van der Waals surface area contributed by atoms with Gasteiger partial charge in [-0.2, -0.15) is 0 Å². The maximum absolute atomic E-state index is 12.5. The molecule has 3 rings (SSSR count). The first-order chi connectivity index (χ1) is 17.8. The number of anilines is 2. The summed E-state index contributed by atoms with van der Waals surface area (Å²) in [6.07, 6.45) is 8.21. The highest BCUT2D eigenvalue weighted by atomic mass is 16.5. The van der Waals surface area contributed by atoms with Crippen LogP contribution >= 0.6 is 0 Å². The molecule has 9 heteroatoms. The van der Waals surface area contributed by atoms with E-state index in [2.05, 4.69) is 10.6 Å². The Hall–Kier alpha value is -3.56. The van der Waals surface area contributed by atoms with Gasteiger partial charge in [0, 0.05) is 23.5 Å². The predicted octanol–water partition coefficient (Wildman–Crippen LogP) is 3.96. The molecule has 0 aromatic heterocycles. The molecule has 2 amide bonds. The summed E-state index contributed by atoms with van der Waals surface area (Å²) in [5, 5.41) is 15.8. The van der Waals surface area contributed by atoms with Gasteiger partial charge < -0.3 is 35.7 Å². The fourth-order valence-corrected chi connectivity index (χ4v) is 4.54. The quantitative estimate of drug-likeness (QED) is 0.336.